The largest absolute Gasteiger partial charge is 0.490 e. The highest BCUT2D eigenvalue weighted by atomic mass is 16.5. The molecule has 1 aliphatic heterocycles. The Hall–Kier alpha value is -3.02. The number of hydrogen-bond donors (Lipinski definition) is 1. The van der Waals surface area contributed by atoms with E-state index in [0.29, 0.717) is 36.1 Å². The molecule has 3 rings (SSSR count). The molecule has 0 saturated heterocycles. The molecule has 1 heterocycles. The van der Waals surface area contributed by atoms with E-state index in [4.69, 9.17) is 4.74 Å². The number of carbonyl (C=O) groups excluding carboxylic acids is 2. The summed E-state index contributed by atoms with van der Waals surface area (Å²) in [5.41, 5.74) is 2.31. The SMILES string of the molecule is CC(C)CCN1C(=O)C(C)(C)COc2cc(NC(=O)c3cccc(N(C)C)c3)ccc21. The highest BCUT2D eigenvalue weighted by Gasteiger charge is 2.37. The minimum Gasteiger partial charge on any atom is -0.490 e. The molecule has 6 heteroatoms. The lowest BCUT2D eigenvalue weighted by Crippen LogP contribution is -2.42. The van der Waals surface area contributed by atoms with Crippen molar-refractivity contribution in [3.63, 3.8) is 0 Å². The predicted molar refractivity (Wildman–Crippen MR) is 126 cm³/mol. The lowest BCUT2D eigenvalue weighted by Gasteiger charge is -2.28. The normalized spacial score (nSPS) is 15.2. The van der Waals surface area contributed by atoms with Crippen LogP contribution in [0.2, 0.25) is 0 Å². The summed E-state index contributed by atoms with van der Waals surface area (Å²) in [7, 11) is 3.88. The summed E-state index contributed by atoms with van der Waals surface area (Å²) >= 11 is 0. The molecule has 0 bridgehead atoms. The van der Waals surface area contributed by atoms with Gasteiger partial charge in [-0.2, -0.15) is 0 Å². The maximum Gasteiger partial charge on any atom is 0.255 e. The van der Waals surface area contributed by atoms with Crippen LogP contribution >= 0.6 is 0 Å². The molecule has 2 aromatic carbocycles. The van der Waals surface area contributed by atoms with E-state index in [1.54, 1.807) is 12.1 Å². The third kappa shape index (κ3) is 5.19. The molecule has 1 N–H and O–H groups in total. The molecule has 0 radical (unpaired) electrons. The molecule has 0 unspecified atom stereocenters. The molecular weight excluding hydrogens is 390 g/mol. The second-order valence-corrected chi connectivity index (χ2v) is 9.39. The van der Waals surface area contributed by atoms with E-state index in [9.17, 15) is 9.59 Å². The van der Waals surface area contributed by atoms with Crippen LogP contribution in [-0.4, -0.2) is 39.1 Å². The van der Waals surface area contributed by atoms with Gasteiger partial charge in [0, 0.05) is 43.6 Å². The number of nitrogens with zero attached hydrogens (tertiary/aromatic N) is 2. The van der Waals surface area contributed by atoms with E-state index in [-0.39, 0.29) is 11.8 Å². The molecule has 166 valence electrons. The average molecular weight is 424 g/mol. The summed E-state index contributed by atoms with van der Waals surface area (Å²) in [6, 6.07) is 13.0. The third-order valence-electron chi connectivity index (χ3n) is 5.48. The monoisotopic (exact) mass is 423 g/mol. The molecule has 0 aliphatic carbocycles. The number of amides is 2. The third-order valence-corrected chi connectivity index (χ3v) is 5.48. The van der Waals surface area contributed by atoms with Gasteiger partial charge in [0.2, 0.25) is 5.91 Å². The van der Waals surface area contributed by atoms with Gasteiger partial charge in [-0.1, -0.05) is 19.9 Å². The predicted octanol–water partition coefficient (Wildman–Crippen LogP) is 4.80. The number of carbonyl (C=O) groups is 2. The Morgan fingerprint density at radius 3 is 2.61 bits per heavy atom. The van der Waals surface area contributed by atoms with Crippen molar-refractivity contribution in [1.82, 2.24) is 0 Å². The van der Waals surface area contributed by atoms with Gasteiger partial charge < -0.3 is 19.9 Å². The minimum atomic E-state index is -0.619. The van der Waals surface area contributed by atoms with Gasteiger partial charge in [-0.15, -0.1) is 0 Å². The zero-order valence-corrected chi connectivity index (χ0v) is 19.4. The zero-order valence-electron chi connectivity index (χ0n) is 19.4. The Morgan fingerprint density at radius 1 is 1.19 bits per heavy atom. The van der Waals surface area contributed by atoms with E-state index in [1.165, 1.54) is 0 Å². The lowest BCUT2D eigenvalue weighted by molar-refractivity contribution is -0.127. The van der Waals surface area contributed by atoms with Crippen LogP contribution in [0.1, 0.15) is 44.5 Å². The second-order valence-electron chi connectivity index (χ2n) is 9.39. The average Bonchev–Trinajstić information content (AvgIpc) is 2.81. The molecule has 0 atom stereocenters. The molecule has 0 aromatic heterocycles. The Morgan fingerprint density at radius 2 is 1.94 bits per heavy atom. The molecule has 0 saturated carbocycles. The first-order valence-electron chi connectivity index (χ1n) is 10.8. The fourth-order valence-corrected chi connectivity index (χ4v) is 3.46. The van der Waals surface area contributed by atoms with Crippen molar-refractivity contribution in [2.24, 2.45) is 11.3 Å². The van der Waals surface area contributed by atoms with Crippen LogP contribution in [-0.2, 0) is 4.79 Å². The Bertz CT molecular complexity index is 966. The number of hydrogen-bond acceptors (Lipinski definition) is 4. The maximum atomic E-state index is 13.1. The van der Waals surface area contributed by atoms with Crippen molar-refractivity contribution in [1.29, 1.82) is 0 Å². The van der Waals surface area contributed by atoms with Gasteiger partial charge in [0.1, 0.15) is 12.4 Å². The molecule has 6 nitrogen and oxygen atoms in total. The van der Waals surface area contributed by atoms with Crippen molar-refractivity contribution in [3.05, 3.63) is 48.0 Å². The van der Waals surface area contributed by atoms with Crippen LogP contribution in [0.3, 0.4) is 0 Å². The first kappa shape index (κ1) is 22.7. The fraction of sp³-hybridized carbons (Fsp3) is 0.440. The molecule has 0 spiro atoms. The highest BCUT2D eigenvalue weighted by Crippen LogP contribution is 2.38. The number of benzene rings is 2. The van der Waals surface area contributed by atoms with Gasteiger partial charge in [-0.3, -0.25) is 9.59 Å². The summed E-state index contributed by atoms with van der Waals surface area (Å²) in [6.07, 6.45) is 0.905. The lowest BCUT2D eigenvalue weighted by atomic mass is 9.92. The van der Waals surface area contributed by atoms with Gasteiger partial charge in [-0.25, -0.2) is 0 Å². The summed E-state index contributed by atoms with van der Waals surface area (Å²) in [6.45, 7) is 9.04. The highest BCUT2D eigenvalue weighted by molar-refractivity contribution is 6.05. The van der Waals surface area contributed by atoms with Crippen molar-refractivity contribution in [2.45, 2.75) is 34.1 Å². The van der Waals surface area contributed by atoms with Crippen LogP contribution in [0.5, 0.6) is 5.75 Å². The van der Waals surface area contributed by atoms with E-state index in [1.807, 2.05) is 68.1 Å². The molecule has 2 amide bonds. The van der Waals surface area contributed by atoms with E-state index >= 15 is 0 Å². The molecule has 31 heavy (non-hydrogen) atoms. The molecule has 2 aromatic rings. The summed E-state index contributed by atoms with van der Waals surface area (Å²) in [4.78, 5) is 29.7. The van der Waals surface area contributed by atoms with Crippen LogP contribution < -0.4 is 19.9 Å². The van der Waals surface area contributed by atoms with Crippen molar-refractivity contribution in [3.8, 4) is 5.75 Å². The number of fused-ring (bicyclic) bond motifs is 1. The Balaban J connectivity index is 1.86. The first-order valence-corrected chi connectivity index (χ1v) is 10.8. The summed E-state index contributed by atoms with van der Waals surface area (Å²) in [5.74, 6) is 0.970. The van der Waals surface area contributed by atoms with Gasteiger partial charge in [0.05, 0.1) is 11.1 Å². The standard InChI is InChI=1S/C25H33N3O3/c1-17(2)12-13-28-21-11-10-19(15-22(21)31-16-25(3,4)24(28)30)26-23(29)18-8-7-9-20(14-18)27(5)6/h7-11,14-15,17H,12-13,16H2,1-6H3,(H,26,29). The Labute approximate surface area is 185 Å². The number of rotatable bonds is 6. The maximum absolute atomic E-state index is 13.1. The topological polar surface area (TPSA) is 61.9 Å². The van der Waals surface area contributed by atoms with Gasteiger partial charge in [0.25, 0.3) is 5.91 Å². The smallest absolute Gasteiger partial charge is 0.255 e. The van der Waals surface area contributed by atoms with Crippen molar-refractivity contribution < 1.29 is 14.3 Å². The number of nitrogens with one attached hydrogen (secondary N) is 1. The summed E-state index contributed by atoms with van der Waals surface area (Å²) in [5, 5.41) is 2.95. The fourth-order valence-electron chi connectivity index (χ4n) is 3.46. The number of anilines is 3. The van der Waals surface area contributed by atoms with Gasteiger partial charge in [0.15, 0.2) is 0 Å². The van der Waals surface area contributed by atoms with Crippen molar-refractivity contribution in [2.75, 3.05) is 42.4 Å². The van der Waals surface area contributed by atoms with Crippen molar-refractivity contribution >= 4 is 28.9 Å². The molecular formula is C25H33N3O3. The van der Waals surface area contributed by atoms with Gasteiger partial charge in [-0.05, 0) is 56.5 Å². The quantitative estimate of drug-likeness (QED) is 0.725. The zero-order chi connectivity index (χ0) is 22.8. The number of ether oxygens (including phenoxy) is 1. The van der Waals surface area contributed by atoms with Crippen LogP contribution in [0.25, 0.3) is 0 Å². The Kier molecular flexibility index (Phi) is 6.58. The van der Waals surface area contributed by atoms with Gasteiger partial charge >= 0.3 is 0 Å². The minimum absolute atomic E-state index is 0.0594. The van der Waals surface area contributed by atoms with E-state index in [2.05, 4.69) is 19.2 Å². The molecule has 1 aliphatic rings. The van der Waals surface area contributed by atoms with Crippen LogP contribution in [0, 0.1) is 11.3 Å². The first-order chi connectivity index (χ1) is 14.6. The summed E-state index contributed by atoms with van der Waals surface area (Å²) < 4.78 is 6.03. The second kappa shape index (κ2) is 9.00. The van der Waals surface area contributed by atoms with Crippen LogP contribution in [0.15, 0.2) is 42.5 Å². The van der Waals surface area contributed by atoms with Crippen LogP contribution in [0.4, 0.5) is 17.1 Å². The van der Waals surface area contributed by atoms with E-state index in [0.717, 1.165) is 17.8 Å². The molecule has 0 fully saturated rings. The van der Waals surface area contributed by atoms with E-state index < -0.39 is 5.41 Å².